The molecule has 1 aromatic heterocycles. The summed E-state index contributed by atoms with van der Waals surface area (Å²) < 4.78 is 0. The fraction of sp³-hybridized carbons (Fsp3) is 0.722. The molecule has 7 nitrogen and oxygen atoms in total. The third-order valence-electron chi connectivity index (χ3n) is 4.97. The zero-order chi connectivity index (χ0) is 17.5. The molecule has 0 amide bonds. The summed E-state index contributed by atoms with van der Waals surface area (Å²) in [5, 5.41) is 3.47. The number of hydrogen-bond donors (Lipinski definition) is 1. The number of nitrogens with one attached hydrogen (secondary N) is 1. The molecule has 0 bridgehead atoms. The Morgan fingerprint density at radius 3 is 2.64 bits per heavy atom. The molecule has 2 fully saturated rings. The van der Waals surface area contributed by atoms with E-state index >= 15 is 0 Å². The van der Waals surface area contributed by atoms with Gasteiger partial charge in [0.05, 0.1) is 0 Å². The van der Waals surface area contributed by atoms with Crippen LogP contribution in [0.1, 0.15) is 19.8 Å². The molecule has 2 aliphatic heterocycles. The number of hydrogen-bond acceptors (Lipinski definition) is 5. The molecule has 1 atom stereocenters. The van der Waals surface area contributed by atoms with Gasteiger partial charge >= 0.3 is 0 Å². The van der Waals surface area contributed by atoms with Gasteiger partial charge in [-0.1, -0.05) is 0 Å². The van der Waals surface area contributed by atoms with Crippen molar-refractivity contribution < 1.29 is 0 Å². The summed E-state index contributed by atoms with van der Waals surface area (Å²) in [5.74, 6) is 2.57. The van der Waals surface area contributed by atoms with Gasteiger partial charge in [-0.25, -0.2) is 9.97 Å². The monoisotopic (exact) mass is 345 g/mol. The molecule has 25 heavy (non-hydrogen) atoms. The molecular formula is C18H31N7. The largest absolute Gasteiger partial charge is 0.357 e. The second kappa shape index (κ2) is 8.99. The van der Waals surface area contributed by atoms with Gasteiger partial charge in [0.15, 0.2) is 5.96 Å². The van der Waals surface area contributed by atoms with E-state index in [4.69, 9.17) is 4.99 Å². The molecule has 2 aliphatic rings. The van der Waals surface area contributed by atoms with Gasteiger partial charge < -0.3 is 20.0 Å². The van der Waals surface area contributed by atoms with Gasteiger partial charge in [-0.3, -0.25) is 4.99 Å². The van der Waals surface area contributed by atoms with Crippen LogP contribution in [0.15, 0.2) is 23.5 Å². The molecule has 1 N–H and O–H groups in total. The third-order valence-corrected chi connectivity index (χ3v) is 4.97. The van der Waals surface area contributed by atoms with Crippen LogP contribution in [0.25, 0.3) is 0 Å². The molecular weight excluding hydrogens is 314 g/mol. The molecule has 138 valence electrons. The number of rotatable bonds is 4. The number of piperazine rings is 1. The van der Waals surface area contributed by atoms with Gasteiger partial charge in [-0.2, -0.15) is 0 Å². The molecule has 0 spiro atoms. The normalized spacial score (nSPS) is 23.0. The number of guanidine groups is 1. The molecule has 0 aliphatic carbocycles. The Morgan fingerprint density at radius 1 is 1.20 bits per heavy atom. The maximum absolute atomic E-state index is 4.95. The van der Waals surface area contributed by atoms with Crippen molar-refractivity contribution in [3.63, 3.8) is 0 Å². The van der Waals surface area contributed by atoms with Crippen LogP contribution in [0.2, 0.25) is 0 Å². The summed E-state index contributed by atoms with van der Waals surface area (Å²) >= 11 is 0. The Balaban J connectivity index is 1.55. The Kier molecular flexibility index (Phi) is 6.44. The quantitative estimate of drug-likeness (QED) is 0.646. The van der Waals surface area contributed by atoms with E-state index in [9.17, 15) is 0 Å². The smallest absolute Gasteiger partial charge is 0.225 e. The van der Waals surface area contributed by atoms with Crippen LogP contribution in [-0.4, -0.2) is 85.1 Å². The van der Waals surface area contributed by atoms with Gasteiger partial charge in [0.25, 0.3) is 0 Å². The zero-order valence-corrected chi connectivity index (χ0v) is 15.6. The number of aliphatic imine (C=N–C) groups is 1. The number of aromatic nitrogens is 2. The lowest BCUT2D eigenvalue weighted by atomic mass is 9.99. The van der Waals surface area contributed by atoms with E-state index in [0.717, 1.165) is 51.2 Å². The number of piperidine rings is 1. The van der Waals surface area contributed by atoms with Crippen molar-refractivity contribution in [2.45, 2.75) is 19.8 Å². The fourth-order valence-electron chi connectivity index (χ4n) is 3.64. The summed E-state index contributed by atoms with van der Waals surface area (Å²) in [6, 6.07) is 1.86. The molecule has 0 radical (unpaired) electrons. The predicted molar refractivity (Wildman–Crippen MR) is 102 cm³/mol. The highest BCUT2D eigenvalue weighted by molar-refractivity contribution is 5.80. The van der Waals surface area contributed by atoms with Crippen molar-refractivity contribution in [1.29, 1.82) is 0 Å². The maximum Gasteiger partial charge on any atom is 0.225 e. The second-order valence-electron chi connectivity index (χ2n) is 6.99. The van der Waals surface area contributed by atoms with Gasteiger partial charge in [0.1, 0.15) is 0 Å². The zero-order valence-electron chi connectivity index (χ0n) is 15.6. The SMILES string of the molecule is CCNC(=NCC1CCCN(C)C1)N1CCN(c2ncccn2)CC1. The van der Waals surface area contributed by atoms with Gasteiger partial charge in [-0.05, 0) is 45.3 Å². The first kappa shape index (κ1) is 17.9. The lowest BCUT2D eigenvalue weighted by Crippen LogP contribution is -2.53. The Bertz CT molecular complexity index is 540. The summed E-state index contributed by atoms with van der Waals surface area (Å²) in [5.41, 5.74) is 0. The standard InChI is InChI=1S/C18H31N7/c1-3-19-17(22-14-16-6-4-9-23(2)15-16)24-10-12-25(13-11-24)18-20-7-5-8-21-18/h5,7-8,16H,3-4,6,9-15H2,1-2H3,(H,19,22). The average molecular weight is 345 g/mol. The van der Waals surface area contributed by atoms with Crippen LogP contribution in [0.4, 0.5) is 5.95 Å². The van der Waals surface area contributed by atoms with E-state index < -0.39 is 0 Å². The topological polar surface area (TPSA) is 59.9 Å². The van der Waals surface area contributed by atoms with Crippen LogP contribution in [0, 0.1) is 5.92 Å². The van der Waals surface area contributed by atoms with E-state index in [1.54, 1.807) is 12.4 Å². The van der Waals surface area contributed by atoms with Crippen LogP contribution >= 0.6 is 0 Å². The van der Waals surface area contributed by atoms with Gasteiger partial charge in [-0.15, -0.1) is 0 Å². The lowest BCUT2D eigenvalue weighted by Gasteiger charge is -2.36. The lowest BCUT2D eigenvalue weighted by molar-refractivity contribution is 0.214. The first-order chi connectivity index (χ1) is 12.3. The molecule has 1 unspecified atom stereocenters. The summed E-state index contributed by atoms with van der Waals surface area (Å²) in [7, 11) is 2.21. The minimum Gasteiger partial charge on any atom is -0.357 e. The minimum atomic E-state index is 0.686. The first-order valence-electron chi connectivity index (χ1n) is 9.50. The summed E-state index contributed by atoms with van der Waals surface area (Å²) in [6.07, 6.45) is 6.21. The molecule has 1 aromatic rings. The highest BCUT2D eigenvalue weighted by Crippen LogP contribution is 2.16. The number of anilines is 1. The van der Waals surface area contributed by atoms with E-state index in [0.29, 0.717) is 5.92 Å². The van der Waals surface area contributed by atoms with E-state index in [1.807, 2.05) is 6.07 Å². The van der Waals surface area contributed by atoms with Gasteiger partial charge in [0.2, 0.25) is 5.95 Å². The molecule has 0 saturated carbocycles. The van der Waals surface area contributed by atoms with Crippen LogP contribution in [0.5, 0.6) is 0 Å². The first-order valence-corrected chi connectivity index (χ1v) is 9.50. The number of nitrogens with zero attached hydrogens (tertiary/aromatic N) is 6. The summed E-state index contributed by atoms with van der Waals surface area (Å²) in [4.78, 5) is 20.7. The van der Waals surface area contributed by atoms with Crippen molar-refractivity contribution in [1.82, 2.24) is 25.1 Å². The highest BCUT2D eigenvalue weighted by Gasteiger charge is 2.22. The second-order valence-corrected chi connectivity index (χ2v) is 6.99. The highest BCUT2D eigenvalue weighted by atomic mass is 15.4. The Hall–Kier alpha value is -1.89. The minimum absolute atomic E-state index is 0.686. The van der Waals surface area contributed by atoms with Crippen molar-refractivity contribution in [3.05, 3.63) is 18.5 Å². The molecule has 3 rings (SSSR count). The summed E-state index contributed by atoms with van der Waals surface area (Å²) in [6.45, 7) is 10.1. The van der Waals surface area contributed by atoms with E-state index in [2.05, 4.69) is 44.0 Å². The maximum atomic E-state index is 4.95. The van der Waals surface area contributed by atoms with Crippen LogP contribution in [0.3, 0.4) is 0 Å². The number of likely N-dealkylation sites (tertiary alicyclic amines) is 1. The van der Waals surface area contributed by atoms with Crippen molar-refractivity contribution in [2.75, 3.05) is 64.3 Å². The molecule has 0 aromatic carbocycles. The van der Waals surface area contributed by atoms with Crippen molar-refractivity contribution >= 4 is 11.9 Å². The van der Waals surface area contributed by atoms with E-state index in [-0.39, 0.29) is 0 Å². The average Bonchev–Trinajstić information content (AvgIpc) is 2.66. The van der Waals surface area contributed by atoms with Gasteiger partial charge in [0, 0.05) is 58.2 Å². The Labute approximate surface area is 151 Å². The van der Waals surface area contributed by atoms with Crippen molar-refractivity contribution in [3.8, 4) is 0 Å². The fourth-order valence-corrected chi connectivity index (χ4v) is 3.64. The van der Waals surface area contributed by atoms with Crippen LogP contribution in [-0.2, 0) is 0 Å². The third kappa shape index (κ3) is 5.04. The van der Waals surface area contributed by atoms with E-state index in [1.165, 1.54) is 25.9 Å². The van der Waals surface area contributed by atoms with Crippen molar-refractivity contribution in [2.24, 2.45) is 10.9 Å². The van der Waals surface area contributed by atoms with Crippen LogP contribution < -0.4 is 10.2 Å². The molecule has 7 heteroatoms. The predicted octanol–water partition coefficient (Wildman–Crippen LogP) is 0.906. The molecule has 2 saturated heterocycles. The Morgan fingerprint density at radius 2 is 1.96 bits per heavy atom. The molecule has 3 heterocycles.